The van der Waals surface area contributed by atoms with Gasteiger partial charge in [-0.3, -0.25) is 33.6 Å². The number of ketones is 5. The van der Waals surface area contributed by atoms with Crippen LogP contribution in [0.3, 0.4) is 0 Å². The fraction of sp³-hybridized carbons (Fsp3) is 0.457. The standard InChI is InChI=1S/C35H40N2O13/c1-45-11-13-49-17-15-47-9-7-36-34(43)27-30(39)23-5-3-21(19-25(23)32(27)41)29(38)22-4-6-24-26(20-22)33(42)28(31(24)40)35(44)37-8-10-48-16-18-50-14-12-46-2/h3-6,19-20,27-28H,7-18H2,1-2H3,(H,36,43)(H,37,44). The summed E-state index contributed by atoms with van der Waals surface area (Å²) in [5, 5.41) is 5.06. The molecule has 0 radical (unpaired) electrons. The van der Waals surface area contributed by atoms with Crippen LogP contribution in [-0.4, -0.2) is 134 Å². The Morgan fingerprint density at radius 1 is 0.500 bits per heavy atom. The van der Waals surface area contributed by atoms with Gasteiger partial charge in [0.05, 0.1) is 66.1 Å². The van der Waals surface area contributed by atoms with Crippen molar-refractivity contribution >= 4 is 40.7 Å². The lowest BCUT2D eigenvalue weighted by Crippen LogP contribution is -2.38. The minimum Gasteiger partial charge on any atom is -0.382 e. The summed E-state index contributed by atoms with van der Waals surface area (Å²) < 4.78 is 31.0. The van der Waals surface area contributed by atoms with E-state index < -0.39 is 52.6 Å². The maximum absolute atomic E-state index is 13.4. The van der Waals surface area contributed by atoms with E-state index in [0.29, 0.717) is 39.6 Å². The second-order valence-corrected chi connectivity index (χ2v) is 11.2. The van der Waals surface area contributed by atoms with Crippen molar-refractivity contribution in [1.82, 2.24) is 10.6 Å². The molecule has 2 aromatic rings. The van der Waals surface area contributed by atoms with Crippen LogP contribution in [0.1, 0.15) is 57.4 Å². The SMILES string of the molecule is COCCOCCOCCNC(=O)C1C(=O)c2ccc(C(=O)c3ccc4c(c3)C(=O)C(C(=O)NCCOCCOCCOC)C4=O)cc2C1=O. The van der Waals surface area contributed by atoms with Gasteiger partial charge in [-0.15, -0.1) is 0 Å². The number of fused-ring (bicyclic) bond motifs is 2. The average Bonchev–Trinajstić information content (AvgIpc) is 3.52. The van der Waals surface area contributed by atoms with Crippen LogP contribution in [0.5, 0.6) is 0 Å². The van der Waals surface area contributed by atoms with Gasteiger partial charge in [0.25, 0.3) is 0 Å². The highest BCUT2D eigenvalue weighted by molar-refractivity contribution is 6.36. The number of amides is 2. The van der Waals surface area contributed by atoms with E-state index in [0.717, 1.165) is 0 Å². The normalized spacial score (nSPS) is 16.4. The Labute approximate surface area is 288 Å². The molecule has 0 saturated carbocycles. The third-order valence-electron chi connectivity index (χ3n) is 7.90. The van der Waals surface area contributed by atoms with E-state index in [1.54, 1.807) is 14.2 Å². The lowest BCUT2D eigenvalue weighted by atomic mass is 9.96. The fourth-order valence-electron chi connectivity index (χ4n) is 5.34. The molecule has 0 spiro atoms. The maximum atomic E-state index is 13.4. The molecule has 0 fully saturated rings. The van der Waals surface area contributed by atoms with Gasteiger partial charge in [0, 0.05) is 60.7 Å². The number of methoxy groups -OCH3 is 2. The molecule has 15 heteroatoms. The molecule has 2 amide bonds. The first-order valence-corrected chi connectivity index (χ1v) is 16.0. The zero-order valence-electron chi connectivity index (χ0n) is 27.9. The van der Waals surface area contributed by atoms with Gasteiger partial charge in [-0.05, 0) is 24.3 Å². The predicted molar refractivity (Wildman–Crippen MR) is 174 cm³/mol. The topological polar surface area (TPSA) is 199 Å². The first-order valence-electron chi connectivity index (χ1n) is 16.0. The molecular formula is C35H40N2O13. The van der Waals surface area contributed by atoms with E-state index in [9.17, 15) is 33.6 Å². The zero-order chi connectivity index (χ0) is 36.0. The number of hydrogen-bond donors (Lipinski definition) is 2. The minimum atomic E-state index is -1.59. The van der Waals surface area contributed by atoms with Crippen molar-refractivity contribution in [1.29, 1.82) is 0 Å². The smallest absolute Gasteiger partial charge is 0.239 e. The maximum Gasteiger partial charge on any atom is 0.239 e. The van der Waals surface area contributed by atoms with Crippen molar-refractivity contribution in [2.45, 2.75) is 0 Å². The summed E-state index contributed by atoms with van der Waals surface area (Å²) in [6, 6.07) is 7.79. The summed E-state index contributed by atoms with van der Waals surface area (Å²) in [6.07, 6.45) is 0. The van der Waals surface area contributed by atoms with Gasteiger partial charge in [-0.2, -0.15) is 0 Å². The van der Waals surface area contributed by atoms with E-state index in [-0.39, 0.29) is 72.9 Å². The van der Waals surface area contributed by atoms with Gasteiger partial charge in [0.2, 0.25) is 11.8 Å². The number of carbonyl (C=O) groups excluding carboxylic acids is 7. The van der Waals surface area contributed by atoms with Gasteiger partial charge in [0.1, 0.15) is 0 Å². The van der Waals surface area contributed by atoms with Crippen LogP contribution in [0.4, 0.5) is 0 Å². The van der Waals surface area contributed by atoms with Gasteiger partial charge in [0.15, 0.2) is 40.8 Å². The number of nitrogens with one attached hydrogen (secondary N) is 2. The molecule has 0 bridgehead atoms. The quantitative estimate of drug-likeness (QED) is 0.0981. The molecule has 0 aromatic heterocycles. The molecule has 2 aliphatic rings. The van der Waals surface area contributed by atoms with Crippen LogP contribution in [0.15, 0.2) is 36.4 Å². The highest BCUT2D eigenvalue weighted by atomic mass is 16.5. The molecule has 4 rings (SSSR count). The second kappa shape index (κ2) is 19.0. The van der Waals surface area contributed by atoms with Crippen molar-refractivity contribution in [3.8, 4) is 0 Å². The van der Waals surface area contributed by atoms with Crippen LogP contribution in [0, 0.1) is 11.8 Å². The number of Topliss-reactive ketones (excluding diaryl/α,β-unsaturated/α-hetero) is 4. The van der Waals surface area contributed by atoms with Gasteiger partial charge in [-0.1, -0.05) is 12.1 Å². The summed E-state index contributed by atoms with van der Waals surface area (Å²) in [5.41, 5.74) is -0.0557. The Hall–Kier alpha value is -4.51. The number of rotatable bonds is 22. The number of carbonyl (C=O) groups is 7. The number of ether oxygens (including phenoxy) is 6. The Kier molecular flexibility index (Phi) is 14.6. The molecule has 268 valence electrons. The third-order valence-corrected chi connectivity index (χ3v) is 7.90. The largest absolute Gasteiger partial charge is 0.382 e. The van der Waals surface area contributed by atoms with Crippen molar-refractivity contribution in [2.75, 3.05) is 93.4 Å². The van der Waals surface area contributed by atoms with Crippen molar-refractivity contribution in [3.05, 3.63) is 69.8 Å². The third kappa shape index (κ3) is 9.38. The molecule has 0 aliphatic heterocycles. The van der Waals surface area contributed by atoms with E-state index in [1.165, 1.54) is 36.4 Å². The van der Waals surface area contributed by atoms with Crippen LogP contribution in [0.2, 0.25) is 0 Å². The first-order chi connectivity index (χ1) is 24.2. The molecular weight excluding hydrogens is 656 g/mol. The molecule has 15 nitrogen and oxygen atoms in total. The Balaban J connectivity index is 1.31. The van der Waals surface area contributed by atoms with Crippen molar-refractivity contribution < 1.29 is 62.0 Å². The Morgan fingerprint density at radius 3 is 1.22 bits per heavy atom. The Bertz CT molecular complexity index is 1490. The van der Waals surface area contributed by atoms with E-state index in [4.69, 9.17) is 28.4 Å². The summed E-state index contributed by atoms with van der Waals surface area (Å²) in [7, 11) is 3.13. The monoisotopic (exact) mass is 696 g/mol. The van der Waals surface area contributed by atoms with Crippen LogP contribution in [0.25, 0.3) is 0 Å². The number of hydrogen-bond acceptors (Lipinski definition) is 13. The molecule has 2 atom stereocenters. The lowest BCUT2D eigenvalue weighted by molar-refractivity contribution is -0.123. The minimum absolute atomic E-state index is 0.0144. The molecule has 2 aromatic carbocycles. The second-order valence-electron chi connectivity index (χ2n) is 11.2. The molecule has 0 heterocycles. The summed E-state index contributed by atoms with van der Waals surface area (Å²) in [4.78, 5) is 91.1. The van der Waals surface area contributed by atoms with E-state index in [2.05, 4.69) is 10.6 Å². The molecule has 2 unspecified atom stereocenters. The highest BCUT2D eigenvalue weighted by Crippen LogP contribution is 2.31. The van der Waals surface area contributed by atoms with Crippen molar-refractivity contribution in [3.63, 3.8) is 0 Å². The van der Waals surface area contributed by atoms with E-state index in [1.807, 2.05) is 0 Å². The first kappa shape index (κ1) is 38.3. The fourth-order valence-corrected chi connectivity index (χ4v) is 5.34. The van der Waals surface area contributed by atoms with Crippen LogP contribution in [-0.2, 0) is 38.0 Å². The number of benzene rings is 2. The van der Waals surface area contributed by atoms with E-state index >= 15 is 0 Å². The van der Waals surface area contributed by atoms with Gasteiger partial charge >= 0.3 is 0 Å². The predicted octanol–water partition coefficient (Wildman–Crippen LogP) is 0.500. The average molecular weight is 697 g/mol. The van der Waals surface area contributed by atoms with Gasteiger partial charge in [-0.25, -0.2) is 0 Å². The zero-order valence-corrected chi connectivity index (χ0v) is 27.9. The Morgan fingerprint density at radius 2 is 0.840 bits per heavy atom. The highest BCUT2D eigenvalue weighted by Gasteiger charge is 2.45. The molecule has 0 saturated heterocycles. The lowest BCUT2D eigenvalue weighted by Gasteiger charge is -2.09. The molecule has 50 heavy (non-hydrogen) atoms. The van der Waals surface area contributed by atoms with Crippen LogP contribution >= 0.6 is 0 Å². The summed E-state index contributed by atoms with van der Waals surface area (Å²) >= 11 is 0. The molecule has 2 aliphatic carbocycles. The van der Waals surface area contributed by atoms with Crippen LogP contribution < -0.4 is 10.6 Å². The summed E-state index contributed by atoms with van der Waals surface area (Å²) in [5.74, 6) is -8.18. The molecule has 2 N–H and O–H groups in total. The summed E-state index contributed by atoms with van der Waals surface area (Å²) in [6.45, 7) is 3.45. The van der Waals surface area contributed by atoms with Gasteiger partial charge < -0.3 is 39.1 Å². The van der Waals surface area contributed by atoms with Crippen molar-refractivity contribution in [2.24, 2.45) is 11.8 Å².